The molecule has 0 unspecified atom stereocenters. The molecule has 0 radical (unpaired) electrons. The lowest BCUT2D eigenvalue weighted by atomic mass is 9.81. The van der Waals surface area contributed by atoms with Gasteiger partial charge in [-0.05, 0) is 98.1 Å². The van der Waals surface area contributed by atoms with Crippen molar-refractivity contribution in [2.24, 2.45) is 17.8 Å². The van der Waals surface area contributed by atoms with Gasteiger partial charge in [0.05, 0.1) is 167 Å². The van der Waals surface area contributed by atoms with E-state index >= 15 is 9.18 Å². The number of carbonyl (C=O) groups excluding carboxylic acids is 10. The standard InChI is InChI=1S/C84H106FN7O23/c1-4-84(104)67-47-71-77-65(52-91(71)81(101)66(67)54-115-83(84)103)76-70(21-20-64-55(2)68(85)48-69(89-77)75(64)76)90(3)82(102)78(58-13-9-6-10-14-58)114-27-25-61(93)49-88-80(100)60(45-56-11-7-5-8-12-56)46-63(95)50-87-72(96)22-19-62(94)53-113-44-43-112-42-41-111-40-39-110-38-37-109-36-35-108-34-33-107-32-31-106-30-29-105-28-26-86-79(99)59-17-15-57(16-18-59)51-92-73(97)23-24-74(92)98/h5-14,23-24,47-48,57,59-60,70,78,104H,4,15-22,25-46,49-54H2,1-3H3,(H,86,99)(H,87,96)(H,88,100)/t57?,59?,60-,70-,78+,84-/m0/s1. The van der Waals surface area contributed by atoms with Gasteiger partial charge in [0.25, 0.3) is 23.3 Å². The molecule has 6 amide bonds. The van der Waals surface area contributed by atoms with Gasteiger partial charge in [-0.2, -0.15) is 0 Å². The highest BCUT2D eigenvalue weighted by Gasteiger charge is 2.47. The molecule has 4 atom stereocenters. The number of likely N-dealkylation sites (N-methyl/N-ethyl adjacent to an activating group) is 1. The largest absolute Gasteiger partial charge is 0.458 e. The number of ketones is 3. The summed E-state index contributed by atoms with van der Waals surface area (Å²) in [5.41, 5.74) is 2.47. The van der Waals surface area contributed by atoms with Crippen LogP contribution in [0.2, 0.25) is 0 Å². The molecule has 4 N–H and O–H groups in total. The van der Waals surface area contributed by atoms with Crippen molar-refractivity contribution in [2.75, 3.05) is 159 Å². The van der Waals surface area contributed by atoms with Crippen molar-refractivity contribution in [1.82, 2.24) is 35.3 Å². The molecule has 10 rings (SSSR count). The molecular formula is C84H106FN7O23. The van der Waals surface area contributed by atoms with Gasteiger partial charge >= 0.3 is 5.97 Å². The van der Waals surface area contributed by atoms with E-state index in [-0.39, 0.29) is 125 Å². The number of cyclic esters (lactones) is 1. The average Bonchev–Trinajstić information content (AvgIpc) is 1.59. The lowest BCUT2D eigenvalue weighted by Gasteiger charge is -2.36. The molecule has 3 aromatic carbocycles. The molecule has 0 saturated heterocycles. The van der Waals surface area contributed by atoms with Crippen molar-refractivity contribution in [3.63, 3.8) is 0 Å². The van der Waals surface area contributed by atoms with Gasteiger partial charge < -0.3 is 82.6 Å². The van der Waals surface area contributed by atoms with E-state index in [0.717, 1.165) is 36.8 Å². The Kier molecular flexibility index (Phi) is 34.3. The summed E-state index contributed by atoms with van der Waals surface area (Å²) in [6, 6.07) is 20.1. The highest BCUT2D eigenvalue weighted by Crippen LogP contribution is 2.48. The summed E-state index contributed by atoms with van der Waals surface area (Å²) in [6.07, 6.45) is 4.50. The number of aliphatic hydroxyl groups is 1. The molecule has 31 heteroatoms. The predicted octanol–water partition coefficient (Wildman–Crippen LogP) is 5.09. The smallest absolute Gasteiger partial charge is 0.343 e. The van der Waals surface area contributed by atoms with Crippen LogP contribution in [0.1, 0.15) is 128 Å². The Morgan fingerprint density at radius 1 is 0.652 bits per heavy atom. The van der Waals surface area contributed by atoms with Crippen molar-refractivity contribution in [3.05, 3.63) is 146 Å². The number of imide groups is 1. The quantitative estimate of drug-likeness (QED) is 0.0219. The van der Waals surface area contributed by atoms with E-state index in [0.29, 0.717) is 170 Å². The second kappa shape index (κ2) is 44.7. The third-order valence-corrected chi connectivity index (χ3v) is 21.2. The summed E-state index contributed by atoms with van der Waals surface area (Å²) in [7, 11) is 1.65. The lowest BCUT2D eigenvalue weighted by Crippen LogP contribution is -2.44. The number of carbonyl (C=O) groups is 10. The minimum absolute atomic E-state index is 0.00724. The monoisotopic (exact) mass is 1600 g/mol. The van der Waals surface area contributed by atoms with Crippen LogP contribution in [0.3, 0.4) is 0 Å². The third kappa shape index (κ3) is 24.7. The lowest BCUT2D eigenvalue weighted by molar-refractivity contribution is -0.172. The first kappa shape index (κ1) is 88.1. The van der Waals surface area contributed by atoms with Crippen molar-refractivity contribution < 1.29 is 110 Å². The van der Waals surface area contributed by atoms with Crippen LogP contribution in [0.15, 0.2) is 89.7 Å². The van der Waals surface area contributed by atoms with Crippen molar-refractivity contribution in [3.8, 4) is 11.4 Å². The second-order valence-corrected chi connectivity index (χ2v) is 29.0. The number of halogens is 1. The molecule has 115 heavy (non-hydrogen) atoms. The minimum Gasteiger partial charge on any atom is -0.458 e. The molecule has 1 saturated carbocycles. The van der Waals surface area contributed by atoms with Crippen LogP contribution in [-0.2, 0) is 132 Å². The first-order chi connectivity index (χ1) is 55.7. The molecular weight excluding hydrogens is 1490 g/mol. The molecule has 30 nitrogen and oxygen atoms in total. The first-order valence-electron chi connectivity index (χ1n) is 39.6. The van der Waals surface area contributed by atoms with Gasteiger partial charge in [0, 0.05) is 92.4 Å². The fraction of sp³-hybridized carbons (Fsp3) is 0.548. The summed E-state index contributed by atoms with van der Waals surface area (Å²) in [4.78, 5) is 152. The third-order valence-electron chi connectivity index (χ3n) is 21.2. The molecule has 5 heterocycles. The Balaban J connectivity index is 0.536. The van der Waals surface area contributed by atoms with Crippen molar-refractivity contribution in [2.45, 2.75) is 122 Å². The Morgan fingerprint density at radius 2 is 1.23 bits per heavy atom. The van der Waals surface area contributed by atoms with E-state index in [1.807, 2.05) is 6.07 Å². The normalized spacial score (nSPS) is 17.9. The number of nitrogens with one attached hydrogen (secondary N) is 3. The highest BCUT2D eigenvalue weighted by atomic mass is 19.1. The number of rotatable bonds is 52. The van der Waals surface area contributed by atoms with E-state index in [2.05, 4.69) is 16.0 Å². The van der Waals surface area contributed by atoms with E-state index in [1.54, 1.807) is 86.5 Å². The number of hydrogen-bond donors (Lipinski definition) is 4. The molecule has 2 aromatic heterocycles. The zero-order valence-corrected chi connectivity index (χ0v) is 65.7. The maximum atomic E-state index is 15.8. The Bertz CT molecular complexity index is 4270. The Hall–Kier alpha value is -9.25. The van der Waals surface area contributed by atoms with Crippen LogP contribution in [0.25, 0.3) is 22.3 Å². The number of fused-ring (bicyclic) bond motifs is 5. The number of amides is 6. The van der Waals surface area contributed by atoms with E-state index in [9.17, 15) is 53.1 Å². The highest BCUT2D eigenvalue weighted by molar-refractivity contribution is 6.13. The number of pyridine rings is 2. The van der Waals surface area contributed by atoms with Gasteiger partial charge in [-0.3, -0.25) is 52.8 Å². The minimum atomic E-state index is -2.08. The molecule has 0 bridgehead atoms. The van der Waals surface area contributed by atoms with Crippen LogP contribution in [0, 0.1) is 30.5 Å². The molecule has 3 aliphatic heterocycles. The maximum absolute atomic E-state index is 15.8. The summed E-state index contributed by atoms with van der Waals surface area (Å²) in [5.74, 6) is -5.38. The summed E-state index contributed by atoms with van der Waals surface area (Å²) < 4.78 is 78.6. The number of ether oxygens (including phenoxy) is 11. The number of aryl methyl sites for hydroxylation is 1. The Morgan fingerprint density at radius 3 is 1.83 bits per heavy atom. The average molecular weight is 1600 g/mol. The number of esters is 1. The van der Waals surface area contributed by atoms with Gasteiger partial charge in [0.1, 0.15) is 19.0 Å². The fourth-order valence-corrected chi connectivity index (χ4v) is 14.8. The maximum Gasteiger partial charge on any atom is 0.343 e. The van der Waals surface area contributed by atoms with Crippen molar-refractivity contribution in [1.29, 1.82) is 0 Å². The molecule has 1 fully saturated rings. The number of benzene rings is 3. The van der Waals surface area contributed by atoms with Crippen LogP contribution >= 0.6 is 0 Å². The zero-order chi connectivity index (χ0) is 81.6. The number of Topliss-reactive ketones (excluding diaryl/α,β-unsaturated/α-hetero) is 3. The van der Waals surface area contributed by atoms with Gasteiger partial charge in [-0.1, -0.05) is 67.6 Å². The second-order valence-electron chi connectivity index (χ2n) is 29.0. The fourth-order valence-electron chi connectivity index (χ4n) is 14.8. The van der Waals surface area contributed by atoms with Crippen LogP contribution in [-0.4, -0.2) is 242 Å². The van der Waals surface area contributed by atoms with Gasteiger partial charge in [0.15, 0.2) is 29.1 Å². The van der Waals surface area contributed by atoms with Crippen LogP contribution < -0.4 is 21.5 Å². The van der Waals surface area contributed by atoms with E-state index in [1.165, 1.54) is 27.7 Å². The molecule has 622 valence electrons. The number of nitrogens with zero attached hydrogens (tertiary/aromatic N) is 4. The van der Waals surface area contributed by atoms with E-state index < -0.39 is 83.4 Å². The molecule has 2 aliphatic carbocycles. The molecule has 5 aromatic rings. The van der Waals surface area contributed by atoms with Crippen molar-refractivity contribution >= 4 is 69.7 Å². The molecule has 5 aliphatic rings. The first-order valence-corrected chi connectivity index (χ1v) is 39.6. The summed E-state index contributed by atoms with van der Waals surface area (Å²) in [5, 5.41) is 20.4. The summed E-state index contributed by atoms with van der Waals surface area (Å²) >= 11 is 0. The van der Waals surface area contributed by atoms with Gasteiger partial charge in [-0.25, -0.2) is 14.2 Å². The Labute approximate surface area is 667 Å². The zero-order valence-electron chi connectivity index (χ0n) is 65.7. The van der Waals surface area contributed by atoms with Gasteiger partial charge in [-0.15, -0.1) is 0 Å². The van der Waals surface area contributed by atoms with E-state index in [4.69, 9.17) is 57.1 Å². The van der Waals surface area contributed by atoms with Crippen LogP contribution in [0.5, 0.6) is 0 Å². The SMILES string of the molecule is CC[C@@]1(O)C(=O)OCc2c1cc1n(c2=O)Cc2c-1nc1cc(F)c(C)c3c1c2[C@@H](N(C)C(=O)[C@H](OCCC(=O)CNC(=O)[C@H](CC(=O)CNC(=O)CCC(=O)COCCOCCOCCOCCOCCOCCOCCOCCOCCNC(=O)C1CCC(CN2C(=O)C=CC2=O)CC1)Cc1ccccc1)c1ccccc1)CC3. The number of aromatic nitrogens is 2. The summed E-state index contributed by atoms with van der Waals surface area (Å²) in [6.45, 7) is 8.71. The van der Waals surface area contributed by atoms with Crippen LogP contribution in [0.4, 0.5) is 4.39 Å². The topological polar surface area (TPSA) is 370 Å². The predicted molar refractivity (Wildman–Crippen MR) is 413 cm³/mol. The van der Waals surface area contributed by atoms with Gasteiger partial charge in [0.2, 0.25) is 17.7 Å². The number of hydrogen-bond acceptors (Lipinski definition) is 24. The molecule has 0 spiro atoms.